The summed E-state index contributed by atoms with van der Waals surface area (Å²) in [6, 6.07) is 13.0. The van der Waals surface area contributed by atoms with E-state index in [-0.39, 0.29) is 12.5 Å². The number of carbonyl (C=O) groups excluding carboxylic acids is 1. The smallest absolute Gasteiger partial charge is 0.407 e. The van der Waals surface area contributed by atoms with Gasteiger partial charge in [-0.25, -0.2) is 9.59 Å². The molecule has 0 aliphatic heterocycles. The van der Waals surface area contributed by atoms with Crippen molar-refractivity contribution in [1.29, 1.82) is 0 Å². The van der Waals surface area contributed by atoms with Gasteiger partial charge in [0.05, 0.1) is 5.92 Å². The van der Waals surface area contributed by atoms with Crippen LogP contribution in [-0.4, -0.2) is 36.0 Å². The number of alkyl carbamates (subject to hydrolysis) is 1. The molecule has 2 N–H and O–H groups in total. The second kappa shape index (κ2) is 7.53. The molecule has 0 heterocycles. The number of hydrogen-bond acceptors (Lipinski definition) is 3. The molecule has 1 amide bonds. The lowest BCUT2D eigenvalue weighted by Crippen LogP contribution is -2.49. The lowest BCUT2D eigenvalue weighted by molar-refractivity contribution is -0.184. The Balaban J connectivity index is 1.72. The van der Waals surface area contributed by atoms with Crippen LogP contribution in [0.5, 0.6) is 0 Å². The Kier molecular flexibility index (Phi) is 5.31. The molecule has 8 heteroatoms. The number of carboxylic acid groups (broad SMARTS) is 1. The molecule has 2 atom stereocenters. The van der Waals surface area contributed by atoms with Crippen molar-refractivity contribution in [2.45, 2.75) is 25.1 Å². The van der Waals surface area contributed by atoms with Crippen molar-refractivity contribution < 1.29 is 32.6 Å². The number of carbonyl (C=O) groups is 2. The topological polar surface area (TPSA) is 75.6 Å². The van der Waals surface area contributed by atoms with E-state index in [2.05, 4.69) is 0 Å². The van der Waals surface area contributed by atoms with Gasteiger partial charge in [0.1, 0.15) is 12.6 Å². The van der Waals surface area contributed by atoms with Gasteiger partial charge in [-0.05, 0) is 22.3 Å². The van der Waals surface area contributed by atoms with Crippen LogP contribution in [0, 0.1) is 5.92 Å². The molecule has 0 saturated carbocycles. The fourth-order valence-electron chi connectivity index (χ4n) is 3.36. The summed E-state index contributed by atoms with van der Waals surface area (Å²) in [4.78, 5) is 23.1. The number of fused-ring (bicyclic) bond motifs is 3. The van der Waals surface area contributed by atoms with Gasteiger partial charge < -0.3 is 15.2 Å². The molecular formula is C20H18F3NO4. The molecule has 5 nitrogen and oxygen atoms in total. The predicted molar refractivity (Wildman–Crippen MR) is 94.8 cm³/mol. The summed E-state index contributed by atoms with van der Waals surface area (Å²) in [7, 11) is 0. The van der Waals surface area contributed by atoms with Crippen LogP contribution in [0.15, 0.2) is 48.5 Å². The third-order valence-electron chi connectivity index (χ3n) is 4.90. The fourth-order valence-corrected chi connectivity index (χ4v) is 3.36. The average Bonchev–Trinajstić information content (AvgIpc) is 2.97. The summed E-state index contributed by atoms with van der Waals surface area (Å²) in [6.07, 6.45) is -5.97. The quantitative estimate of drug-likeness (QED) is 0.799. The molecule has 1 aliphatic carbocycles. The number of alkyl halides is 3. The van der Waals surface area contributed by atoms with Crippen molar-refractivity contribution in [3.63, 3.8) is 0 Å². The van der Waals surface area contributed by atoms with Crippen LogP contribution in [0.25, 0.3) is 11.1 Å². The van der Waals surface area contributed by atoms with Crippen molar-refractivity contribution in [3.8, 4) is 11.1 Å². The SMILES string of the molecule is C[C@H]([C@H](NC(=O)OCC1c2ccccc2-c2ccccc21)C(=O)O)C(F)(F)F. The Morgan fingerprint density at radius 1 is 1.07 bits per heavy atom. The fraction of sp³-hybridized carbons (Fsp3) is 0.300. The summed E-state index contributed by atoms with van der Waals surface area (Å²) in [5.74, 6) is -4.31. The molecule has 1 aliphatic rings. The molecule has 0 radical (unpaired) electrons. The Labute approximate surface area is 159 Å². The lowest BCUT2D eigenvalue weighted by Gasteiger charge is -2.23. The summed E-state index contributed by atoms with van der Waals surface area (Å²) < 4.78 is 43.6. The van der Waals surface area contributed by atoms with Crippen molar-refractivity contribution in [3.05, 3.63) is 59.7 Å². The van der Waals surface area contributed by atoms with Gasteiger partial charge in [0.25, 0.3) is 0 Å². The van der Waals surface area contributed by atoms with E-state index in [4.69, 9.17) is 9.84 Å². The maximum absolute atomic E-state index is 12.8. The van der Waals surface area contributed by atoms with Crippen LogP contribution in [0.1, 0.15) is 24.0 Å². The molecule has 0 spiro atoms. The van der Waals surface area contributed by atoms with E-state index < -0.39 is 30.2 Å². The monoisotopic (exact) mass is 393 g/mol. The maximum Gasteiger partial charge on any atom is 0.407 e. The molecule has 0 saturated heterocycles. The Morgan fingerprint density at radius 3 is 2.04 bits per heavy atom. The van der Waals surface area contributed by atoms with Crippen molar-refractivity contribution >= 4 is 12.1 Å². The largest absolute Gasteiger partial charge is 0.480 e. The van der Waals surface area contributed by atoms with Gasteiger partial charge in [0.15, 0.2) is 0 Å². The van der Waals surface area contributed by atoms with Crippen LogP contribution in [0.2, 0.25) is 0 Å². The zero-order valence-electron chi connectivity index (χ0n) is 14.9. The second-order valence-corrected chi connectivity index (χ2v) is 6.62. The minimum atomic E-state index is -4.76. The first kappa shape index (κ1) is 19.7. The normalized spacial score (nSPS) is 15.3. The number of aliphatic carboxylic acids is 1. The van der Waals surface area contributed by atoms with Crippen LogP contribution in [0.4, 0.5) is 18.0 Å². The van der Waals surface area contributed by atoms with Crippen LogP contribution in [0.3, 0.4) is 0 Å². The Morgan fingerprint density at radius 2 is 1.57 bits per heavy atom. The third-order valence-corrected chi connectivity index (χ3v) is 4.90. The number of amides is 1. The summed E-state index contributed by atoms with van der Waals surface area (Å²) >= 11 is 0. The maximum atomic E-state index is 12.8. The lowest BCUT2D eigenvalue weighted by atomic mass is 9.98. The Bertz CT molecular complexity index is 852. The molecule has 2 aromatic rings. The number of benzene rings is 2. The van der Waals surface area contributed by atoms with E-state index in [0.717, 1.165) is 22.3 Å². The zero-order valence-corrected chi connectivity index (χ0v) is 14.9. The van der Waals surface area contributed by atoms with Gasteiger partial charge >= 0.3 is 18.2 Å². The van der Waals surface area contributed by atoms with Crippen LogP contribution in [-0.2, 0) is 9.53 Å². The molecule has 28 heavy (non-hydrogen) atoms. The van der Waals surface area contributed by atoms with E-state index in [1.54, 1.807) is 0 Å². The number of carboxylic acids is 1. The molecular weight excluding hydrogens is 375 g/mol. The number of ether oxygens (including phenoxy) is 1. The highest BCUT2D eigenvalue weighted by Gasteiger charge is 2.45. The highest BCUT2D eigenvalue weighted by molar-refractivity contribution is 5.81. The predicted octanol–water partition coefficient (Wildman–Crippen LogP) is 4.18. The first-order chi connectivity index (χ1) is 13.2. The highest BCUT2D eigenvalue weighted by Crippen LogP contribution is 2.44. The van der Waals surface area contributed by atoms with Crippen molar-refractivity contribution in [2.24, 2.45) is 5.92 Å². The van der Waals surface area contributed by atoms with Crippen LogP contribution < -0.4 is 5.32 Å². The highest BCUT2D eigenvalue weighted by atomic mass is 19.4. The molecule has 0 bridgehead atoms. The number of nitrogens with one attached hydrogen (secondary N) is 1. The van der Waals surface area contributed by atoms with E-state index in [9.17, 15) is 22.8 Å². The van der Waals surface area contributed by atoms with Crippen molar-refractivity contribution in [1.82, 2.24) is 5.32 Å². The summed E-state index contributed by atoms with van der Waals surface area (Å²) in [5, 5.41) is 10.8. The standard InChI is InChI=1S/C20H18F3NO4/c1-11(20(21,22)23)17(18(25)26)24-19(27)28-10-16-14-8-4-2-6-12(14)13-7-3-5-9-15(13)16/h2-9,11,16-17H,10H2,1H3,(H,24,27)(H,25,26)/t11-,17+/m1/s1. The molecule has 3 rings (SSSR count). The molecule has 0 fully saturated rings. The van der Waals surface area contributed by atoms with Crippen molar-refractivity contribution in [2.75, 3.05) is 6.61 Å². The van der Waals surface area contributed by atoms with E-state index in [0.29, 0.717) is 6.92 Å². The number of rotatable bonds is 5. The first-order valence-corrected chi connectivity index (χ1v) is 8.61. The van der Waals surface area contributed by atoms with E-state index in [1.165, 1.54) is 0 Å². The average molecular weight is 393 g/mol. The summed E-state index contributed by atoms with van der Waals surface area (Å²) in [5.41, 5.74) is 3.88. The van der Waals surface area contributed by atoms with E-state index >= 15 is 0 Å². The van der Waals surface area contributed by atoms with E-state index in [1.807, 2.05) is 53.8 Å². The van der Waals surface area contributed by atoms with Crippen LogP contribution >= 0.6 is 0 Å². The van der Waals surface area contributed by atoms with Gasteiger partial charge in [0.2, 0.25) is 0 Å². The molecule has 0 aromatic heterocycles. The minimum Gasteiger partial charge on any atom is -0.480 e. The number of hydrogen-bond donors (Lipinski definition) is 2. The van der Waals surface area contributed by atoms with Gasteiger partial charge in [-0.2, -0.15) is 13.2 Å². The minimum absolute atomic E-state index is 0.118. The molecule has 2 aromatic carbocycles. The van der Waals surface area contributed by atoms with Gasteiger partial charge in [0, 0.05) is 5.92 Å². The van der Waals surface area contributed by atoms with Gasteiger partial charge in [-0.15, -0.1) is 0 Å². The first-order valence-electron chi connectivity index (χ1n) is 8.61. The second-order valence-electron chi connectivity index (χ2n) is 6.62. The number of halogens is 3. The van der Waals surface area contributed by atoms with Gasteiger partial charge in [-0.1, -0.05) is 55.5 Å². The molecule has 0 unspecified atom stereocenters. The third kappa shape index (κ3) is 3.81. The summed E-state index contributed by atoms with van der Waals surface area (Å²) in [6.45, 7) is 0.578. The van der Waals surface area contributed by atoms with Gasteiger partial charge in [-0.3, -0.25) is 0 Å². The zero-order chi connectivity index (χ0) is 20.5. The Hall–Kier alpha value is -3.03. The molecule has 148 valence electrons.